The number of halogens is 1. The summed E-state index contributed by atoms with van der Waals surface area (Å²) in [6, 6.07) is 5.37. The van der Waals surface area contributed by atoms with Crippen molar-refractivity contribution in [2.75, 3.05) is 11.9 Å². The van der Waals surface area contributed by atoms with Gasteiger partial charge < -0.3 is 16.4 Å². The minimum atomic E-state index is -0.324. The zero-order chi connectivity index (χ0) is 15.3. The van der Waals surface area contributed by atoms with E-state index in [4.69, 9.17) is 5.73 Å². The average Bonchev–Trinajstić information content (AvgIpc) is 2.39. The standard InChI is InChI=1S/C14H20BrN3O2/c1-8-4-5-11(15)6-12(8)18-13(19)7-17-14(20)9(2)10(3)16/h4-6,9-10H,7,16H2,1-3H3,(H,17,20)(H,18,19). The predicted molar refractivity (Wildman–Crippen MR) is 83.3 cm³/mol. The summed E-state index contributed by atoms with van der Waals surface area (Å²) >= 11 is 3.35. The highest BCUT2D eigenvalue weighted by Gasteiger charge is 2.17. The third kappa shape index (κ3) is 4.94. The smallest absolute Gasteiger partial charge is 0.243 e. The van der Waals surface area contributed by atoms with Gasteiger partial charge in [0.1, 0.15) is 0 Å². The highest BCUT2D eigenvalue weighted by molar-refractivity contribution is 9.10. The van der Waals surface area contributed by atoms with Gasteiger partial charge in [-0.2, -0.15) is 0 Å². The van der Waals surface area contributed by atoms with Gasteiger partial charge in [-0.25, -0.2) is 0 Å². The third-order valence-electron chi connectivity index (χ3n) is 3.10. The lowest BCUT2D eigenvalue weighted by molar-refractivity contribution is -0.127. The first-order valence-corrected chi connectivity index (χ1v) is 7.20. The molecule has 0 aromatic heterocycles. The Hall–Kier alpha value is -1.40. The van der Waals surface area contributed by atoms with Crippen LogP contribution >= 0.6 is 15.9 Å². The van der Waals surface area contributed by atoms with Gasteiger partial charge in [-0.1, -0.05) is 28.9 Å². The number of rotatable bonds is 5. The fourth-order valence-electron chi connectivity index (χ4n) is 1.49. The molecule has 0 aliphatic heterocycles. The maximum absolute atomic E-state index is 11.8. The number of carbonyl (C=O) groups excluding carboxylic acids is 2. The number of amides is 2. The summed E-state index contributed by atoms with van der Waals surface area (Å²) in [6.07, 6.45) is 0. The van der Waals surface area contributed by atoms with Crippen molar-refractivity contribution < 1.29 is 9.59 Å². The van der Waals surface area contributed by atoms with Crippen molar-refractivity contribution >= 4 is 33.4 Å². The van der Waals surface area contributed by atoms with Crippen LogP contribution in [-0.4, -0.2) is 24.4 Å². The van der Waals surface area contributed by atoms with Crippen LogP contribution in [0.5, 0.6) is 0 Å². The number of carbonyl (C=O) groups is 2. The molecular formula is C14H20BrN3O2. The maximum Gasteiger partial charge on any atom is 0.243 e. The summed E-state index contributed by atoms with van der Waals surface area (Å²) in [6.45, 7) is 5.33. The van der Waals surface area contributed by atoms with E-state index in [0.717, 1.165) is 15.7 Å². The normalized spacial score (nSPS) is 13.4. The second-order valence-electron chi connectivity index (χ2n) is 4.87. The first kappa shape index (κ1) is 16.7. The van der Waals surface area contributed by atoms with E-state index < -0.39 is 0 Å². The number of aryl methyl sites for hydroxylation is 1. The van der Waals surface area contributed by atoms with E-state index in [1.807, 2.05) is 25.1 Å². The molecule has 0 spiro atoms. The molecule has 0 heterocycles. The fourth-order valence-corrected chi connectivity index (χ4v) is 1.85. The molecule has 0 saturated carbocycles. The molecule has 1 aromatic rings. The molecule has 1 aromatic carbocycles. The molecule has 2 amide bonds. The number of benzene rings is 1. The van der Waals surface area contributed by atoms with Crippen molar-refractivity contribution in [1.82, 2.24) is 5.32 Å². The van der Waals surface area contributed by atoms with Gasteiger partial charge in [0.2, 0.25) is 11.8 Å². The molecule has 5 nitrogen and oxygen atoms in total. The van der Waals surface area contributed by atoms with Crippen LogP contribution < -0.4 is 16.4 Å². The van der Waals surface area contributed by atoms with E-state index in [0.29, 0.717) is 0 Å². The van der Waals surface area contributed by atoms with Gasteiger partial charge in [0.05, 0.1) is 6.54 Å². The summed E-state index contributed by atoms with van der Waals surface area (Å²) in [5.41, 5.74) is 7.31. The van der Waals surface area contributed by atoms with Crippen molar-refractivity contribution in [2.24, 2.45) is 11.7 Å². The number of hydrogen-bond acceptors (Lipinski definition) is 3. The summed E-state index contributed by atoms with van der Waals surface area (Å²) in [4.78, 5) is 23.5. The van der Waals surface area contributed by atoms with Crippen LogP contribution in [0.2, 0.25) is 0 Å². The van der Waals surface area contributed by atoms with Gasteiger partial charge in [0.25, 0.3) is 0 Å². The van der Waals surface area contributed by atoms with Crippen LogP contribution in [0, 0.1) is 12.8 Å². The Labute approximate surface area is 127 Å². The molecule has 2 atom stereocenters. The zero-order valence-corrected chi connectivity index (χ0v) is 13.5. The van der Waals surface area contributed by atoms with E-state index in [-0.39, 0.29) is 30.3 Å². The summed E-state index contributed by atoms with van der Waals surface area (Å²) < 4.78 is 0.882. The van der Waals surface area contributed by atoms with E-state index in [1.165, 1.54) is 0 Å². The second kappa shape index (κ2) is 7.40. The first-order chi connectivity index (χ1) is 9.31. The van der Waals surface area contributed by atoms with Gasteiger partial charge in [-0.3, -0.25) is 9.59 Å². The Balaban J connectivity index is 2.52. The van der Waals surface area contributed by atoms with Gasteiger partial charge in [-0.15, -0.1) is 0 Å². The van der Waals surface area contributed by atoms with Crippen LogP contribution in [0.25, 0.3) is 0 Å². The highest BCUT2D eigenvalue weighted by atomic mass is 79.9. The number of nitrogens with two attached hydrogens (primary N) is 1. The average molecular weight is 342 g/mol. The Kier molecular flexibility index (Phi) is 6.16. The molecule has 0 aliphatic rings. The van der Waals surface area contributed by atoms with Crippen LogP contribution in [0.15, 0.2) is 22.7 Å². The van der Waals surface area contributed by atoms with Gasteiger partial charge in [0.15, 0.2) is 0 Å². The summed E-state index contributed by atoms with van der Waals surface area (Å²) in [5.74, 6) is -0.812. The van der Waals surface area contributed by atoms with Crippen molar-refractivity contribution in [3.63, 3.8) is 0 Å². The molecule has 4 N–H and O–H groups in total. The molecule has 2 unspecified atom stereocenters. The van der Waals surface area contributed by atoms with E-state index in [2.05, 4.69) is 26.6 Å². The molecule has 0 fully saturated rings. The summed E-state index contributed by atoms with van der Waals surface area (Å²) in [5, 5.41) is 5.33. The molecule has 110 valence electrons. The Morgan fingerprint density at radius 3 is 2.60 bits per heavy atom. The lowest BCUT2D eigenvalue weighted by Crippen LogP contribution is -2.41. The minimum Gasteiger partial charge on any atom is -0.347 e. The van der Waals surface area contributed by atoms with Crippen molar-refractivity contribution in [2.45, 2.75) is 26.8 Å². The number of hydrogen-bond donors (Lipinski definition) is 3. The molecule has 20 heavy (non-hydrogen) atoms. The molecule has 0 saturated heterocycles. The Bertz CT molecular complexity index is 503. The summed E-state index contributed by atoms with van der Waals surface area (Å²) in [7, 11) is 0. The van der Waals surface area contributed by atoms with Gasteiger partial charge in [0, 0.05) is 22.1 Å². The second-order valence-corrected chi connectivity index (χ2v) is 5.79. The highest BCUT2D eigenvalue weighted by Crippen LogP contribution is 2.20. The van der Waals surface area contributed by atoms with E-state index in [9.17, 15) is 9.59 Å². The Morgan fingerprint density at radius 1 is 1.35 bits per heavy atom. The van der Waals surface area contributed by atoms with Crippen LogP contribution in [0.4, 0.5) is 5.69 Å². The van der Waals surface area contributed by atoms with Gasteiger partial charge in [-0.05, 0) is 31.5 Å². The van der Waals surface area contributed by atoms with Crippen molar-refractivity contribution in [3.05, 3.63) is 28.2 Å². The molecule has 0 radical (unpaired) electrons. The fraction of sp³-hybridized carbons (Fsp3) is 0.429. The lowest BCUT2D eigenvalue weighted by Gasteiger charge is -2.15. The van der Waals surface area contributed by atoms with Gasteiger partial charge >= 0.3 is 0 Å². The SMILES string of the molecule is Cc1ccc(Br)cc1NC(=O)CNC(=O)C(C)C(C)N. The predicted octanol–water partition coefficient (Wildman–Crippen LogP) is 1.80. The van der Waals surface area contributed by atoms with Crippen LogP contribution in [0.3, 0.4) is 0 Å². The lowest BCUT2D eigenvalue weighted by atomic mass is 10.0. The maximum atomic E-state index is 11.8. The molecule has 1 rings (SSSR count). The van der Waals surface area contributed by atoms with E-state index in [1.54, 1.807) is 13.8 Å². The number of nitrogens with one attached hydrogen (secondary N) is 2. The third-order valence-corrected chi connectivity index (χ3v) is 3.59. The van der Waals surface area contributed by atoms with Crippen molar-refractivity contribution in [3.8, 4) is 0 Å². The first-order valence-electron chi connectivity index (χ1n) is 6.40. The quantitative estimate of drug-likeness (QED) is 0.763. The monoisotopic (exact) mass is 341 g/mol. The van der Waals surface area contributed by atoms with Crippen LogP contribution in [0.1, 0.15) is 19.4 Å². The molecule has 0 bridgehead atoms. The molecule has 0 aliphatic carbocycles. The molecule has 6 heteroatoms. The van der Waals surface area contributed by atoms with E-state index >= 15 is 0 Å². The minimum absolute atomic E-state index is 0.0676. The Morgan fingerprint density at radius 2 is 2.00 bits per heavy atom. The van der Waals surface area contributed by atoms with Crippen molar-refractivity contribution in [1.29, 1.82) is 0 Å². The largest absolute Gasteiger partial charge is 0.347 e. The topological polar surface area (TPSA) is 84.2 Å². The molecular weight excluding hydrogens is 322 g/mol. The number of anilines is 1. The zero-order valence-electron chi connectivity index (χ0n) is 11.9. The van der Waals surface area contributed by atoms with Crippen LogP contribution in [-0.2, 0) is 9.59 Å².